The molecule has 3 saturated heterocycles. The van der Waals surface area contributed by atoms with E-state index in [0.29, 0.717) is 26.0 Å². The quantitative estimate of drug-likeness (QED) is 0.126. The molecule has 3 aliphatic heterocycles. The van der Waals surface area contributed by atoms with E-state index in [2.05, 4.69) is 23.6 Å². The third-order valence-electron chi connectivity index (χ3n) is 8.33. The van der Waals surface area contributed by atoms with E-state index < -0.39 is 23.9 Å². The largest absolute Gasteiger partial charge is 0.458 e. The number of ether oxygens (including phenoxy) is 4. The number of allylic oxidation sites excluding steroid dienone is 2. The summed E-state index contributed by atoms with van der Waals surface area (Å²) >= 11 is 0. The second-order valence-corrected chi connectivity index (χ2v) is 12.7. The molecule has 3 heterocycles. The van der Waals surface area contributed by atoms with E-state index in [1.807, 2.05) is 32.9 Å². The standard InChI is InChI=1S/C33H52N2O8/c1-8-15-34-30(37)17-25-18-33(19-40-33)31(38)28(43-25)13-10-21(4)9-12-27-22(5)16-26(24(7)42-27)35-29(36)14-11-23(6)41-32(39)20(2)3/h9-11,13-14,20,22-28,31,38H,8,12,15-19H2,1-7H3,(H,34,37)(H,35,36)/t22-,23?,24+,25+,26+,27-,28+,31+,33+/m0/s1. The van der Waals surface area contributed by atoms with Crippen molar-refractivity contribution in [3.05, 3.63) is 36.0 Å². The summed E-state index contributed by atoms with van der Waals surface area (Å²) in [5, 5.41) is 16.8. The molecule has 0 aromatic carbocycles. The zero-order valence-electron chi connectivity index (χ0n) is 26.8. The van der Waals surface area contributed by atoms with Crippen LogP contribution in [0.2, 0.25) is 0 Å². The van der Waals surface area contributed by atoms with Gasteiger partial charge in [0.15, 0.2) is 0 Å². The molecule has 0 radical (unpaired) electrons. The van der Waals surface area contributed by atoms with Crippen molar-refractivity contribution in [3.63, 3.8) is 0 Å². The van der Waals surface area contributed by atoms with Gasteiger partial charge in [0.1, 0.15) is 23.9 Å². The lowest BCUT2D eigenvalue weighted by molar-refractivity contribution is -0.150. The lowest BCUT2D eigenvalue weighted by atomic mass is 9.87. The summed E-state index contributed by atoms with van der Waals surface area (Å²) in [6, 6.07) is -0.124. The van der Waals surface area contributed by atoms with Crippen LogP contribution in [-0.4, -0.2) is 84.3 Å². The molecule has 1 spiro atoms. The van der Waals surface area contributed by atoms with Crippen LogP contribution in [0.15, 0.2) is 36.0 Å². The summed E-state index contributed by atoms with van der Waals surface area (Å²) in [5.74, 6) is -0.592. The number of amides is 2. The molecule has 3 aliphatic rings. The molecule has 3 N–H and O–H groups in total. The summed E-state index contributed by atoms with van der Waals surface area (Å²) in [6.45, 7) is 14.5. The molecule has 3 fully saturated rings. The highest BCUT2D eigenvalue weighted by Crippen LogP contribution is 2.43. The van der Waals surface area contributed by atoms with Gasteiger partial charge in [-0.25, -0.2) is 0 Å². The zero-order chi connectivity index (χ0) is 31.7. The summed E-state index contributed by atoms with van der Waals surface area (Å²) in [6.07, 6.45) is 9.72. The Labute approximate surface area is 256 Å². The highest BCUT2D eigenvalue weighted by molar-refractivity contribution is 5.87. The number of esters is 1. The van der Waals surface area contributed by atoms with Crippen molar-refractivity contribution in [1.82, 2.24) is 10.6 Å². The van der Waals surface area contributed by atoms with Gasteiger partial charge in [-0.2, -0.15) is 0 Å². The fourth-order valence-electron chi connectivity index (χ4n) is 5.49. The van der Waals surface area contributed by atoms with Gasteiger partial charge in [-0.05, 0) is 52.0 Å². The zero-order valence-corrected chi connectivity index (χ0v) is 26.8. The molecule has 43 heavy (non-hydrogen) atoms. The summed E-state index contributed by atoms with van der Waals surface area (Å²) < 4.78 is 23.3. The first-order chi connectivity index (χ1) is 20.3. The normalized spacial score (nSPS) is 33.6. The van der Waals surface area contributed by atoms with Gasteiger partial charge in [0.25, 0.3) is 0 Å². The molecule has 3 rings (SSSR count). The summed E-state index contributed by atoms with van der Waals surface area (Å²) in [4.78, 5) is 36.5. The highest BCUT2D eigenvalue weighted by atomic mass is 16.6. The van der Waals surface area contributed by atoms with Crippen molar-refractivity contribution in [2.75, 3.05) is 13.2 Å². The minimum atomic E-state index is -0.783. The van der Waals surface area contributed by atoms with Gasteiger partial charge in [0.2, 0.25) is 11.8 Å². The van der Waals surface area contributed by atoms with E-state index in [1.54, 1.807) is 26.8 Å². The molecule has 2 amide bonds. The first kappa shape index (κ1) is 35.0. The van der Waals surface area contributed by atoms with Crippen LogP contribution in [-0.2, 0) is 33.3 Å². The second-order valence-electron chi connectivity index (χ2n) is 12.7. The molecular weight excluding hydrogens is 552 g/mol. The van der Waals surface area contributed by atoms with E-state index in [9.17, 15) is 19.5 Å². The number of rotatable bonds is 13. The first-order valence-corrected chi connectivity index (χ1v) is 15.8. The Hall–Kier alpha value is -2.53. The number of aliphatic hydroxyl groups excluding tert-OH is 1. The highest BCUT2D eigenvalue weighted by Gasteiger charge is 2.58. The minimum absolute atomic E-state index is 0.00294. The maximum Gasteiger partial charge on any atom is 0.308 e. The number of epoxide rings is 1. The minimum Gasteiger partial charge on any atom is -0.458 e. The Morgan fingerprint density at radius 2 is 1.86 bits per heavy atom. The van der Waals surface area contributed by atoms with Crippen molar-refractivity contribution in [1.29, 1.82) is 0 Å². The average Bonchev–Trinajstić information content (AvgIpc) is 3.72. The van der Waals surface area contributed by atoms with Crippen LogP contribution in [0.25, 0.3) is 0 Å². The molecule has 0 bridgehead atoms. The first-order valence-electron chi connectivity index (χ1n) is 15.8. The van der Waals surface area contributed by atoms with Crippen LogP contribution in [0.3, 0.4) is 0 Å². The van der Waals surface area contributed by atoms with Crippen LogP contribution in [0.4, 0.5) is 0 Å². The van der Waals surface area contributed by atoms with Gasteiger partial charge in [0.05, 0.1) is 43.3 Å². The Bertz CT molecular complexity index is 1050. The number of carbonyl (C=O) groups is 3. The molecule has 9 atom stereocenters. The van der Waals surface area contributed by atoms with E-state index in [-0.39, 0.29) is 60.4 Å². The molecule has 0 saturated carbocycles. The fourth-order valence-corrected chi connectivity index (χ4v) is 5.49. The van der Waals surface area contributed by atoms with Crippen molar-refractivity contribution >= 4 is 17.8 Å². The van der Waals surface area contributed by atoms with E-state index in [1.165, 1.54) is 6.08 Å². The number of aliphatic hydroxyl groups is 1. The second kappa shape index (κ2) is 16.0. The maximum atomic E-state index is 12.5. The van der Waals surface area contributed by atoms with Gasteiger partial charge < -0.3 is 34.7 Å². The monoisotopic (exact) mass is 604 g/mol. The molecule has 242 valence electrons. The molecule has 0 aliphatic carbocycles. The maximum absolute atomic E-state index is 12.5. The number of hydrogen-bond donors (Lipinski definition) is 3. The lowest BCUT2D eigenvalue weighted by Crippen LogP contribution is -2.50. The third-order valence-corrected chi connectivity index (χ3v) is 8.33. The van der Waals surface area contributed by atoms with Crippen molar-refractivity contribution in [2.24, 2.45) is 11.8 Å². The Morgan fingerprint density at radius 3 is 2.51 bits per heavy atom. The number of carbonyl (C=O) groups excluding carboxylic acids is 3. The van der Waals surface area contributed by atoms with Crippen LogP contribution in [0, 0.1) is 11.8 Å². The number of nitrogens with one attached hydrogen (secondary N) is 2. The predicted molar refractivity (Wildman–Crippen MR) is 163 cm³/mol. The molecule has 0 aromatic heterocycles. The Kier molecular flexibility index (Phi) is 13.0. The van der Waals surface area contributed by atoms with E-state index in [0.717, 1.165) is 18.4 Å². The fraction of sp³-hybridized carbons (Fsp3) is 0.727. The molecular formula is C33H52N2O8. The van der Waals surface area contributed by atoms with E-state index >= 15 is 0 Å². The van der Waals surface area contributed by atoms with Crippen LogP contribution >= 0.6 is 0 Å². The SMILES string of the molecule is CCCNC(=O)C[C@@H]1C[C@@]2(CO2)[C@H](O)[C@@H](C=CC(C)=CC[C@@H]2O[C@H](C)[C@H](NC(=O)C=CC(C)OC(=O)C(C)C)C[C@@H]2C)O1. The average molecular weight is 605 g/mol. The molecule has 0 aromatic rings. The van der Waals surface area contributed by atoms with Gasteiger partial charge >= 0.3 is 5.97 Å². The smallest absolute Gasteiger partial charge is 0.308 e. The van der Waals surface area contributed by atoms with Gasteiger partial charge in [0, 0.05) is 19.0 Å². The van der Waals surface area contributed by atoms with Gasteiger partial charge in [-0.1, -0.05) is 51.5 Å². The van der Waals surface area contributed by atoms with Gasteiger partial charge in [-0.15, -0.1) is 0 Å². The van der Waals surface area contributed by atoms with Crippen LogP contribution < -0.4 is 10.6 Å². The lowest BCUT2D eigenvalue weighted by Gasteiger charge is -2.39. The Balaban J connectivity index is 1.48. The Morgan fingerprint density at radius 1 is 1.14 bits per heavy atom. The predicted octanol–water partition coefficient (Wildman–Crippen LogP) is 3.52. The van der Waals surface area contributed by atoms with Gasteiger partial charge in [-0.3, -0.25) is 14.4 Å². The summed E-state index contributed by atoms with van der Waals surface area (Å²) in [5.41, 5.74) is 0.392. The van der Waals surface area contributed by atoms with Crippen LogP contribution in [0.5, 0.6) is 0 Å². The van der Waals surface area contributed by atoms with Crippen LogP contribution in [0.1, 0.15) is 80.6 Å². The van der Waals surface area contributed by atoms with E-state index in [4.69, 9.17) is 18.9 Å². The summed E-state index contributed by atoms with van der Waals surface area (Å²) in [7, 11) is 0. The topological polar surface area (TPSA) is 136 Å². The van der Waals surface area contributed by atoms with Crippen molar-refractivity contribution < 1.29 is 38.4 Å². The number of hydrogen-bond acceptors (Lipinski definition) is 8. The third kappa shape index (κ3) is 10.6. The molecule has 10 nitrogen and oxygen atoms in total. The van der Waals surface area contributed by atoms with Crippen molar-refractivity contribution in [2.45, 2.75) is 129 Å². The van der Waals surface area contributed by atoms with Crippen molar-refractivity contribution in [3.8, 4) is 0 Å². The molecule has 1 unspecified atom stereocenters. The molecule has 10 heteroatoms.